The molecule has 0 aliphatic rings. The highest BCUT2D eigenvalue weighted by molar-refractivity contribution is 14.0. The fourth-order valence-electron chi connectivity index (χ4n) is 2.98. The fraction of sp³-hybridized carbons (Fsp3) is 0.450. The standard InChI is InChI=1S/C20H30N4O3.HI/c1-6-24(7-2)16(17-9-8-12-27-17)14-22-20(21-3)23-15-10-11-18(25-4)19(13-15)26-5;/h8-13,16H,6-7,14H2,1-5H3,(H2,21,22,23);1H. The van der Waals surface area contributed by atoms with Crippen molar-refractivity contribution in [1.29, 1.82) is 0 Å². The van der Waals surface area contributed by atoms with E-state index in [2.05, 4.69) is 34.4 Å². The van der Waals surface area contributed by atoms with Gasteiger partial charge in [-0.3, -0.25) is 9.89 Å². The number of guanidine groups is 1. The van der Waals surface area contributed by atoms with Crippen LogP contribution in [0.1, 0.15) is 25.6 Å². The Bertz CT molecular complexity index is 718. The molecule has 2 N–H and O–H groups in total. The molecule has 7 nitrogen and oxygen atoms in total. The highest BCUT2D eigenvalue weighted by Crippen LogP contribution is 2.29. The highest BCUT2D eigenvalue weighted by atomic mass is 127. The van der Waals surface area contributed by atoms with Gasteiger partial charge in [-0.25, -0.2) is 0 Å². The van der Waals surface area contributed by atoms with E-state index in [1.54, 1.807) is 27.5 Å². The number of halogens is 1. The van der Waals surface area contributed by atoms with Crippen LogP contribution in [0.5, 0.6) is 11.5 Å². The maximum absolute atomic E-state index is 5.65. The molecule has 1 atom stereocenters. The quantitative estimate of drug-likeness (QED) is 0.307. The van der Waals surface area contributed by atoms with Crippen molar-refractivity contribution in [3.05, 3.63) is 42.4 Å². The molecule has 0 aliphatic heterocycles. The molecule has 0 aliphatic carbocycles. The number of rotatable bonds is 9. The number of aliphatic imine (C=N–C) groups is 1. The Morgan fingerprint density at radius 2 is 1.86 bits per heavy atom. The summed E-state index contributed by atoms with van der Waals surface area (Å²) in [6.45, 7) is 6.84. The Balaban J connectivity index is 0.00000392. The molecule has 1 heterocycles. The summed E-state index contributed by atoms with van der Waals surface area (Å²) >= 11 is 0. The molecule has 0 spiro atoms. The molecule has 0 saturated heterocycles. The van der Waals surface area contributed by atoms with Crippen molar-refractivity contribution in [2.45, 2.75) is 19.9 Å². The van der Waals surface area contributed by atoms with Crippen LogP contribution in [0.4, 0.5) is 5.69 Å². The van der Waals surface area contributed by atoms with Crippen molar-refractivity contribution in [2.75, 3.05) is 46.2 Å². The van der Waals surface area contributed by atoms with Crippen molar-refractivity contribution in [2.24, 2.45) is 4.99 Å². The van der Waals surface area contributed by atoms with E-state index < -0.39 is 0 Å². The number of furan rings is 1. The van der Waals surface area contributed by atoms with Crippen molar-refractivity contribution in [3.63, 3.8) is 0 Å². The lowest BCUT2D eigenvalue weighted by molar-refractivity contribution is 0.193. The van der Waals surface area contributed by atoms with Crippen LogP contribution < -0.4 is 20.1 Å². The first kappa shape index (κ1) is 24.1. The summed E-state index contributed by atoms with van der Waals surface area (Å²) in [6, 6.07) is 9.70. The van der Waals surface area contributed by atoms with Gasteiger partial charge in [0.25, 0.3) is 0 Å². The smallest absolute Gasteiger partial charge is 0.195 e. The van der Waals surface area contributed by atoms with Crippen LogP contribution in [0.3, 0.4) is 0 Å². The van der Waals surface area contributed by atoms with Gasteiger partial charge in [-0.1, -0.05) is 13.8 Å². The van der Waals surface area contributed by atoms with Crippen molar-refractivity contribution >= 4 is 35.6 Å². The second kappa shape index (κ2) is 12.5. The van der Waals surface area contributed by atoms with Gasteiger partial charge in [-0.15, -0.1) is 24.0 Å². The van der Waals surface area contributed by atoms with Crippen LogP contribution in [0.15, 0.2) is 46.0 Å². The van der Waals surface area contributed by atoms with Crippen LogP contribution >= 0.6 is 24.0 Å². The van der Waals surface area contributed by atoms with Gasteiger partial charge in [0.05, 0.1) is 26.5 Å². The zero-order valence-corrected chi connectivity index (χ0v) is 19.5. The maximum atomic E-state index is 5.65. The van der Waals surface area contributed by atoms with Crippen molar-refractivity contribution < 1.29 is 13.9 Å². The molecular formula is C20H31IN4O3. The summed E-state index contributed by atoms with van der Waals surface area (Å²) in [7, 11) is 4.98. The van der Waals surface area contributed by atoms with Gasteiger partial charge in [0.2, 0.25) is 0 Å². The average Bonchev–Trinajstić information content (AvgIpc) is 3.24. The Morgan fingerprint density at radius 3 is 2.39 bits per heavy atom. The van der Waals surface area contributed by atoms with Gasteiger partial charge < -0.3 is 24.5 Å². The predicted molar refractivity (Wildman–Crippen MR) is 124 cm³/mol. The van der Waals surface area contributed by atoms with Gasteiger partial charge in [0.15, 0.2) is 17.5 Å². The zero-order chi connectivity index (χ0) is 19.6. The van der Waals surface area contributed by atoms with E-state index in [-0.39, 0.29) is 30.0 Å². The van der Waals surface area contributed by atoms with Gasteiger partial charge >= 0.3 is 0 Å². The summed E-state index contributed by atoms with van der Waals surface area (Å²) in [6.07, 6.45) is 1.71. The molecule has 0 bridgehead atoms. The lowest BCUT2D eigenvalue weighted by atomic mass is 10.2. The number of nitrogens with zero attached hydrogens (tertiary/aromatic N) is 2. The second-order valence-corrected chi connectivity index (χ2v) is 5.90. The highest BCUT2D eigenvalue weighted by Gasteiger charge is 2.21. The third-order valence-electron chi connectivity index (χ3n) is 4.46. The van der Waals surface area contributed by atoms with Gasteiger partial charge in [0.1, 0.15) is 5.76 Å². The largest absolute Gasteiger partial charge is 0.493 e. The molecule has 1 aromatic carbocycles. The van der Waals surface area contributed by atoms with Gasteiger partial charge in [0, 0.05) is 25.3 Å². The minimum atomic E-state index is 0. The Kier molecular flexibility index (Phi) is 10.8. The lowest BCUT2D eigenvalue weighted by Crippen LogP contribution is -2.40. The molecule has 28 heavy (non-hydrogen) atoms. The first-order valence-corrected chi connectivity index (χ1v) is 9.13. The number of ether oxygens (including phenoxy) is 2. The lowest BCUT2D eigenvalue weighted by Gasteiger charge is -2.28. The molecule has 0 amide bonds. The number of hydrogen-bond acceptors (Lipinski definition) is 5. The first-order valence-electron chi connectivity index (χ1n) is 9.13. The maximum Gasteiger partial charge on any atom is 0.195 e. The summed E-state index contributed by atoms with van der Waals surface area (Å²) < 4.78 is 16.3. The number of anilines is 1. The average molecular weight is 502 g/mol. The minimum Gasteiger partial charge on any atom is -0.493 e. The first-order chi connectivity index (χ1) is 13.2. The van der Waals surface area contributed by atoms with Crippen LogP contribution in [0, 0.1) is 0 Å². The van der Waals surface area contributed by atoms with E-state index in [1.807, 2.05) is 30.3 Å². The third-order valence-corrected chi connectivity index (χ3v) is 4.46. The summed E-state index contributed by atoms with van der Waals surface area (Å²) in [5, 5.41) is 6.67. The third kappa shape index (κ3) is 6.30. The van der Waals surface area contributed by atoms with E-state index in [1.165, 1.54) is 0 Å². The van der Waals surface area contributed by atoms with E-state index >= 15 is 0 Å². The van der Waals surface area contributed by atoms with Crippen LogP contribution in [-0.2, 0) is 0 Å². The molecule has 2 rings (SSSR count). The fourth-order valence-corrected chi connectivity index (χ4v) is 2.98. The Hall–Kier alpha value is -1.94. The molecule has 1 unspecified atom stereocenters. The minimum absolute atomic E-state index is 0. The predicted octanol–water partition coefficient (Wildman–Crippen LogP) is 3.99. The number of likely N-dealkylation sites (N-methyl/N-ethyl adjacent to an activating group) is 1. The van der Waals surface area contributed by atoms with E-state index in [9.17, 15) is 0 Å². The SMILES string of the molecule is CCN(CC)C(CNC(=NC)Nc1ccc(OC)c(OC)c1)c1ccco1.I. The number of nitrogens with one attached hydrogen (secondary N) is 2. The topological polar surface area (TPSA) is 71.3 Å². The molecule has 1 aromatic heterocycles. The van der Waals surface area contributed by atoms with Crippen LogP contribution in [0.2, 0.25) is 0 Å². The van der Waals surface area contributed by atoms with Crippen molar-refractivity contribution in [1.82, 2.24) is 10.2 Å². The normalized spacial score (nSPS) is 12.3. The number of hydrogen-bond donors (Lipinski definition) is 2. The van der Waals surface area contributed by atoms with Crippen LogP contribution in [-0.4, -0.2) is 51.8 Å². The molecular weight excluding hydrogens is 471 g/mol. The molecule has 0 radical (unpaired) electrons. The summed E-state index contributed by atoms with van der Waals surface area (Å²) in [4.78, 5) is 6.66. The Labute approximate surface area is 184 Å². The molecule has 156 valence electrons. The monoisotopic (exact) mass is 502 g/mol. The number of benzene rings is 1. The number of methoxy groups -OCH3 is 2. The van der Waals surface area contributed by atoms with E-state index in [0.29, 0.717) is 24.0 Å². The zero-order valence-electron chi connectivity index (χ0n) is 17.2. The summed E-state index contributed by atoms with van der Waals surface area (Å²) in [5.41, 5.74) is 0.859. The van der Waals surface area contributed by atoms with Gasteiger partial charge in [-0.05, 0) is 37.4 Å². The van der Waals surface area contributed by atoms with Crippen molar-refractivity contribution in [3.8, 4) is 11.5 Å². The van der Waals surface area contributed by atoms with E-state index in [0.717, 1.165) is 24.5 Å². The Morgan fingerprint density at radius 1 is 1.14 bits per heavy atom. The van der Waals surface area contributed by atoms with Crippen LogP contribution in [0.25, 0.3) is 0 Å². The second-order valence-electron chi connectivity index (χ2n) is 5.90. The molecule has 0 fully saturated rings. The summed E-state index contributed by atoms with van der Waals surface area (Å²) in [5.74, 6) is 2.96. The molecule has 8 heteroatoms. The molecule has 2 aromatic rings. The van der Waals surface area contributed by atoms with Gasteiger partial charge in [-0.2, -0.15) is 0 Å². The van der Waals surface area contributed by atoms with E-state index in [4.69, 9.17) is 13.9 Å². The molecule has 0 saturated carbocycles.